The zero-order chi connectivity index (χ0) is 35.4. The maximum absolute atomic E-state index is 10.7. The average Bonchev–Trinajstić information content (AvgIpc) is 3.66. The molecule has 254 valence electrons. The van der Waals surface area contributed by atoms with Crippen LogP contribution in [0.5, 0.6) is 51.7 Å². The summed E-state index contributed by atoms with van der Waals surface area (Å²) in [5, 5.41) is 72.8. The van der Waals surface area contributed by atoms with Crippen LogP contribution in [0.3, 0.4) is 0 Å². The molecular formula is C42H32O9. The van der Waals surface area contributed by atoms with Crippen molar-refractivity contribution in [3.05, 3.63) is 160 Å². The maximum atomic E-state index is 10.7. The summed E-state index contributed by atoms with van der Waals surface area (Å²) in [6, 6.07) is 30.7. The van der Waals surface area contributed by atoms with Gasteiger partial charge in [0, 0.05) is 29.3 Å². The van der Waals surface area contributed by atoms with Gasteiger partial charge in [0.2, 0.25) is 0 Å². The lowest BCUT2D eigenvalue weighted by Gasteiger charge is -2.24. The van der Waals surface area contributed by atoms with Gasteiger partial charge in [-0.05, 0) is 94.0 Å². The molecule has 0 unspecified atom stereocenters. The van der Waals surface area contributed by atoms with E-state index in [0.717, 1.165) is 27.8 Å². The van der Waals surface area contributed by atoms with E-state index in [0.29, 0.717) is 28.2 Å². The standard InChI is InChI=1S/C42H32O9/c43-27-8-1-22(2-9-27)3-14-34-39-35(50-41(23-4-10-28(44)11-5-23)37(39)25-15-30(46)19-31(47)16-25)21-36-40(34)38(26-17-32(48)20-33(49)18-26)42(51-36)24-6-12-29(45)13-7-24/h1-21,37-38,41-49H/t37-,38-,41-,42+/m1/s1. The minimum Gasteiger partial charge on any atom is -0.508 e. The largest absolute Gasteiger partial charge is 0.508 e. The highest BCUT2D eigenvalue weighted by Crippen LogP contribution is 2.60. The van der Waals surface area contributed by atoms with Gasteiger partial charge in [0.25, 0.3) is 0 Å². The molecule has 2 heterocycles. The topological polar surface area (TPSA) is 160 Å². The van der Waals surface area contributed by atoms with Crippen LogP contribution in [0.25, 0.3) is 12.2 Å². The van der Waals surface area contributed by atoms with Crippen molar-refractivity contribution in [2.75, 3.05) is 0 Å². The lowest BCUT2D eigenvalue weighted by Crippen LogP contribution is -2.14. The third kappa shape index (κ3) is 5.84. The van der Waals surface area contributed by atoms with Crippen molar-refractivity contribution in [1.82, 2.24) is 0 Å². The summed E-state index contributed by atoms with van der Waals surface area (Å²) in [4.78, 5) is 0. The van der Waals surface area contributed by atoms with Crippen molar-refractivity contribution in [3.63, 3.8) is 0 Å². The van der Waals surface area contributed by atoms with Gasteiger partial charge in [-0.1, -0.05) is 48.6 Å². The monoisotopic (exact) mass is 680 g/mol. The predicted octanol–water partition coefficient (Wildman–Crippen LogP) is 8.33. The predicted molar refractivity (Wildman–Crippen MR) is 190 cm³/mol. The normalized spacial score (nSPS) is 19.0. The molecule has 2 aliphatic heterocycles. The Morgan fingerprint density at radius 1 is 0.373 bits per heavy atom. The van der Waals surface area contributed by atoms with Gasteiger partial charge in [-0.2, -0.15) is 0 Å². The van der Waals surface area contributed by atoms with E-state index in [4.69, 9.17) is 9.47 Å². The van der Waals surface area contributed by atoms with Crippen molar-refractivity contribution in [3.8, 4) is 51.7 Å². The minimum absolute atomic E-state index is 0.0863. The van der Waals surface area contributed by atoms with Crippen molar-refractivity contribution < 1.29 is 45.2 Å². The number of phenols is 7. The molecule has 2 aliphatic rings. The van der Waals surface area contributed by atoms with Gasteiger partial charge in [0.05, 0.1) is 11.8 Å². The zero-order valence-corrected chi connectivity index (χ0v) is 26.9. The first kappa shape index (κ1) is 31.5. The van der Waals surface area contributed by atoms with E-state index >= 15 is 0 Å². The third-order valence-corrected chi connectivity index (χ3v) is 9.46. The molecule has 8 rings (SSSR count). The van der Waals surface area contributed by atoms with Gasteiger partial charge in [0.1, 0.15) is 64.0 Å². The number of rotatable bonds is 6. The number of ether oxygens (including phenoxy) is 2. The second-order valence-corrected chi connectivity index (χ2v) is 12.8. The van der Waals surface area contributed by atoms with Crippen molar-refractivity contribution >= 4 is 12.2 Å². The first-order valence-corrected chi connectivity index (χ1v) is 16.3. The Morgan fingerprint density at radius 3 is 1.14 bits per heavy atom. The SMILES string of the molecule is Oc1ccc(C=Cc2c3c(cc4c2[C@@H](c2cc(O)cc(O)c2)[C@H](c2ccc(O)cc2)O4)O[C@H](c2ccc(O)cc2)[C@@H]3c2cc(O)cc(O)c2)cc1. The highest BCUT2D eigenvalue weighted by molar-refractivity contribution is 5.80. The van der Waals surface area contributed by atoms with Crippen LogP contribution < -0.4 is 9.47 Å². The molecule has 7 N–H and O–H groups in total. The quantitative estimate of drug-likeness (QED) is 0.0858. The Labute approximate surface area is 292 Å². The highest BCUT2D eigenvalue weighted by atomic mass is 16.5. The molecule has 6 aromatic rings. The van der Waals surface area contributed by atoms with Crippen LogP contribution in [0.2, 0.25) is 0 Å². The van der Waals surface area contributed by atoms with E-state index in [1.54, 1.807) is 97.1 Å². The lowest BCUT2D eigenvalue weighted by molar-refractivity contribution is 0.212. The van der Waals surface area contributed by atoms with Crippen LogP contribution in [0.15, 0.2) is 115 Å². The van der Waals surface area contributed by atoms with Crippen LogP contribution >= 0.6 is 0 Å². The second kappa shape index (κ2) is 12.3. The number of hydrogen-bond acceptors (Lipinski definition) is 9. The van der Waals surface area contributed by atoms with Crippen LogP contribution in [0.4, 0.5) is 0 Å². The van der Waals surface area contributed by atoms with Gasteiger partial charge in [-0.3, -0.25) is 0 Å². The van der Waals surface area contributed by atoms with Crippen molar-refractivity contribution in [1.29, 1.82) is 0 Å². The minimum atomic E-state index is -0.652. The fourth-order valence-corrected chi connectivity index (χ4v) is 7.31. The number of hydrogen-bond donors (Lipinski definition) is 7. The summed E-state index contributed by atoms with van der Waals surface area (Å²) in [7, 11) is 0. The fourth-order valence-electron chi connectivity index (χ4n) is 7.31. The second-order valence-electron chi connectivity index (χ2n) is 12.8. The molecule has 9 heteroatoms. The zero-order valence-electron chi connectivity index (χ0n) is 26.9. The molecule has 51 heavy (non-hydrogen) atoms. The molecule has 0 aliphatic carbocycles. The Balaban J connectivity index is 1.42. The Morgan fingerprint density at radius 2 is 0.745 bits per heavy atom. The summed E-state index contributed by atoms with van der Waals surface area (Å²) >= 11 is 0. The van der Waals surface area contributed by atoms with Crippen LogP contribution in [-0.4, -0.2) is 35.7 Å². The summed E-state index contributed by atoms with van der Waals surface area (Å²) in [5.41, 5.74) is 5.59. The van der Waals surface area contributed by atoms with Crippen molar-refractivity contribution in [2.24, 2.45) is 0 Å². The summed E-state index contributed by atoms with van der Waals surface area (Å²) < 4.78 is 13.5. The van der Waals surface area contributed by atoms with Crippen molar-refractivity contribution in [2.45, 2.75) is 24.0 Å². The summed E-state index contributed by atoms with van der Waals surface area (Å²) in [6.07, 6.45) is 2.52. The fraction of sp³-hybridized carbons (Fsp3) is 0.0952. The molecular weight excluding hydrogens is 648 g/mol. The first-order chi connectivity index (χ1) is 24.6. The Hall–Kier alpha value is -6.74. The molecule has 0 amide bonds. The summed E-state index contributed by atoms with van der Waals surface area (Å²) in [5.74, 6) is -0.409. The number of benzene rings is 6. The van der Waals surface area contributed by atoms with Gasteiger partial charge in [-0.15, -0.1) is 0 Å². The molecule has 6 aromatic carbocycles. The van der Waals surface area contributed by atoms with Gasteiger partial charge in [0.15, 0.2) is 0 Å². The molecule has 0 aromatic heterocycles. The van der Waals surface area contributed by atoms with Crippen LogP contribution in [0.1, 0.15) is 68.6 Å². The van der Waals surface area contributed by atoms with E-state index in [-0.39, 0.29) is 40.2 Å². The molecule has 0 radical (unpaired) electrons. The molecule has 0 saturated heterocycles. The average molecular weight is 681 g/mol. The Kier molecular flexibility index (Phi) is 7.60. The number of aromatic hydroxyl groups is 7. The Bertz CT molecular complexity index is 2120. The summed E-state index contributed by atoms with van der Waals surface area (Å²) in [6.45, 7) is 0. The van der Waals surface area contributed by atoms with E-state index in [9.17, 15) is 35.7 Å². The van der Waals surface area contributed by atoms with E-state index < -0.39 is 24.0 Å². The smallest absolute Gasteiger partial charge is 0.135 e. The van der Waals surface area contributed by atoms with Gasteiger partial charge < -0.3 is 45.2 Å². The molecule has 9 nitrogen and oxygen atoms in total. The van der Waals surface area contributed by atoms with E-state index in [1.807, 2.05) is 18.2 Å². The number of fused-ring (bicyclic) bond motifs is 2. The highest BCUT2D eigenvalue weighted by Gasteiger charge is 2.45. The van der Waals surface area contributed by atoms with Crippen LogP contribution in [-0.2, 0) is 0 Å². The lowest BCUT2D eigenvalue weighted by atomic mass is 9.77. The molecule has 0 bridgehead atoms. The van der Waals surface area contributed by atoms with Crippen LogP contribution in [0, 0.1) is 0 Å². The number of phenolic OH excluding ortho intramolecular Hbond substituents is 7. The molecule has 0 fully saturated rings. The first-order valence-electron chi connectivity index (χ1n) is 16.3. The van der Waals surface area contributed by atoms with Gasteiger partial charge >= 0.3 is 0 Å². The van der Waals surface area contributed by atoms with E-state index in [2.05, 4.69) is 0 Å². The third-order valence-electron chi connectivity index (χ3n) is 9.46. The molecule has 0 spiro atoms. The molecule has 0 saturated carbocycles. The van der Waals surface area contributed by atoms with E-state index in [1.165, 1.54) is 12.1 Å². The van der Waals surface area contributed by atoms with Gasteiger partial charge in [-0.25, -0.2) is 0 Å². The molecule has 4 atom stereocenters. The maximum Gasteiger partial charge on any atom is 0.135 e.